The molecule has 0 aliphatic rings. The zero-order chi connectivity index (χ0) is 11.5. The molecule has 1 aromatic heterocycles. The maximum Gasteiger partial charge on any atom is 0.0482 e. The summed E-state index contributed by atoms with van der Waals surface area (Å²) in [6, 6.07) is 8.67. The van der Waals surface area contributed by atoms with Gasteiger partial charge in [0.05, 0.1) is 0 Å². The number of hydrogen-bond acceptors (Lipinski definition) is 0. The third-order valence-electron chi connectivity index (χ3n) is 3.24. The third kappa shape index (κ3) is 1.67. The van der Waals surface area contributed by atoms with Gasteiger partial charge < -0.3 is 4.57 Å². The first-order valence-corrected chi connectivity index (χ1v) is 5.95. The van der Waals surface area contributed by atoms with Crippen molar-refractivity contribution in [3.63, 3.8) is 0 Å². The first kappa shape index (κ1) is 11.0. The zero-order valence-corrected chi connectivity index (χ0v) is 10.3. The average molecular weight is 213 g/mol. The van der Waals surface area contributed by atoms with Crippen molar-refractivity contribution in [1.82, 2.24) is 4.57 Å². The first-order chi connectivity index (χ1) is 7.79. The Morgan fingerprint density at radius 1 is 1.25 bits per heavy atom. The van der Waals surface area contributed by atoms with Crippen LogP contribution in [0.5, 0.6) is 0 Å². The van der Waals surface area contributed by atoms with E-state index in [1.807, 2.05) is 0 Å². The molecule has 1 aromatic carbocycles. The Bertz CT molecular complexity index is 517. The summed E-state index contributed by atoms with van der Waals surface area (Å²) in [6.45, 7) is 4.31. The second kappa shape index (κ2) is 4.56. The van der Waals surface area contributed by atoms with Gasteiger partial charge in [-0.15, -0.1) is 0 Å². The second-order valence-electron chi connectivity index (χ2n) is 4.13. The van der Waals surface area contributed by atoms with Crippen LogP contribution >= 0.6 is 0 Å². The fourth-order valence-electron chi connectivity index (χ4n) is 2.44. The number of hydrogen-bond donors (Lipinski definition) is 0. The van der Waals surface area contributed by atoms with Gasteiger partial charge in [0, 0.05) is 23.6 Å². The van der Waals surface area contributed by atoms with Crippen LogP contribution in [0.15, 0.2) is 36.4 Å². The molecule has 84 valence electrons. The van der Waals surface area contributed by atoms with Gasteiger partial charge in [-0.3, -0.25) is 0 Å². The monoisotopic (exact) mass is 213 g/mol. The van der Waals surface area contributed by atoms with Crippen molar-refractivity contribution in [3.05, 3.63) is 47.7 Å². The SMILES string of the molecule is C/C=C\Cc1c(CC)n(C)c2ccccc12. The predicted octanol–water partition coefficient (Wildman–Crippen LogP) is 3.86. The number of rotatable bonds is 3. The summed E-state index contributed by atoms with van der Waals surface area (Å²) in [6.07, 6.45) is 6.50. The van der Waals surface area contributed by atoms with E-state index in [4.69, 9.17) is 0 Å². The van der Waals surface area contributed by atoms with Crippen molar-refractivity contribution in [1.29, 1.82) is 0 Å². The Morgan fingerprint density at radius 2 is 2.00 bits per heavy atom. The molecule has 0 bridgehead atoms. The van der Waals surface area contributed by atoms with Crippen molar-refractivity contribution in [2.45, 2.75) is 26.7 Å². The van der Waals surface area contributed by atoms with Crippen LogP contribution < -0.4 is 0 Å². The Hall–Kier alpha value is -1.50. The number of benzene rings is 1. The molecule has 2 aromatic rings. The quantitative estimate of drug-likeness (QED) is 0.682. The maximum absolute atomic E-state index is 2.33. The van der Waals surface area contributed by atoms with Gasteiger partial charge in [0.25, 0.3) is 0 Å². The van der Waals surface area contributed by atoms with Crippen LogP contribution in [0.2, 0.25) is 0 Å². The van der Waals surface area contributed by atoms with E-state index in [0.29, 0.717) is 0 Å². The van der Waals surface area contributed by atoms with Gasteiger partial charge in [-0.05, 0) is 31.4 Å². The third-order valence-corrected chi connectivity index (χ3v) is 3.24. The molecule has 0 amide bonds. The summed E-state index contributed by atoms with van der Waals surface area (Å²) < 4.78 is 2.33. The lowest BCUT2D eigenvalue weighted by molar-refractivity contribution is 0.851. The highest BCUT2D eigenvalue weighted by Crippen LogP contribution is 2.26. The van der Waals surface area contributed by atoms with Crippen LogP contribution in [-0.4, -0.2) is 4.57 Å². The summed E-state index contributed by atoms with van der Waals surface area (Å²) in [4.78, 5) is 0. The topological polar surface area (TPSA) is 4.93 Å². The molecule has 0 spiro atoms. The van der Waals surface area contributed by atoms with E-state index in [0.717, 1.165) is 12.8 Å². The summed E-state index contributed by atoms with van der Waals surface area (Å²) in [5.74, 6) is 0. The Morgan fingerprint density at radius 3 is 2.69 bits per heavy atom. The molecule has 1 heteroatoms. The Balaban J connectivity index is 2.67. The molecule has 0 saturated heterocycles. The number of aromatic nitrogens is 1. The predicted molar refractivity (Wildman–Crippen MR) is 70.8 cm³/mol. The van der Waals surface area contributed by atoms with Gasteiger partial charge in [-0.1, -0.05) is 37.3 Å². The average Bonchev–Trinajstić information content (AvgIpc) is 2.60. The Kier molecular flexibility index (Phi) is 3.14. The lowest BCUT2D eigenvalue weighted by Crippen LogP contribution is -1.96. The summed E-state index contributed by atoms with van der Waals surface area (Å²) in [5, 5.41) is 1.40. The highest BCUT2D eigenvalue weighted by molar-refractivity contribution is 5.85. The molecule has 0 radical (unpaired) electrons. The van der Waals surface area contributed by atoms with Crippen molar-refractivity contribution in [2.75, 3.05) is 0 Å². The summed E-state index contributed by atoms with van der Waals surface area (Å²) in [7, 11) is 2.17. The molecule has 0 aliphatic carbocycles. The molecular formula is C15H19N. The normalized spacial score (nSPS) is 11.7. The summed E-state index contributed by atoms with van der Waals surface area (Å²) in [5.41, 5.74) is 4.29. The van der Waals surface area contributed by atoms with E-state index in [1.54, 1.807) is 0 Å². The van der Waals surface area contributed by atoms with Crippen LogP contribution in [0.25, 0.3) is 10.9 Å². The minimum absolute atomic E-state index is 1.04. The van der Waals surface area contributed by atoms with Crippen LogP contribution in [0.3, 0.4) is 0 Å². The number of nitrogens with zero attached hydrogens (tertiary/aromatic N) is 1. The fourth-order valence-corrected chi connectivity index (χ4v) is 2.44. The van der Waals surface area contributed by atoms with E-state index in [-0.39, 0.29) is 0 Å². The largest absolute Gasteiger partial charge is 0.347 e. The number of allylic oxidation sites excluding steroid dienone is 2. The van der Waals surface area contributed by atoms with Gasteiger partial charge in [-0.25, -0.2) is 0 Å². The number of para-hydroxylation sites is 1. The molecule has 16 heavy (non-hydrogen) atoms. The number of aryl methyl sites for hydroxylation is 1. The van der Waals surface area contributed by atoms with Crippen molar-refractivity contribution in [2.24, 2.45) is 7.05 Å². The van der Waals surface area contributed by atoms with Crippen molar-refractivity contribution < 1.29 is 0 Å². The van der Waals surface area contributed by atoms with Gasteiger partial charge in [0.2, 0.25) is 0 Å². The van der Waals surface area contributed by atoms with Gasteiger partial charge in [0.15, 0.2) is 0 Å². The first-order valence-electron chi connectivity index (χ1n) is 5.95. The van der Waals surface area contributed by atoms with Gasteiger partial charge in [0.1, 0.15) is 0 Å². The molecule has 0 N–H and O–H groups in total. The van der Waals surface area contributed by atoms with Crippen LogP contribution in [-0.2, 0) is 19.9 Å². The fraction of sp³-hybridized carbons (Fsp3) is 0.333. The zero-order valence-electron chi connectivity index (χ0n) is 10.3. The smallest absolute Gasteiger partial charge is 0.0482 e. The number of fused-ring (bicyclic) bond motifs is 1. The minimum atomic E-state index is 1.04. The molecule has 0 unspecified atom stereocenters. The molecule has 0 saturated carbocycles. The van der Waals surface area contributed by atoms with Gasteiger partial charge >= 0.3 is 0 Å². The van der Waals surface area contributed by atoms with E-state index in [1.165, 1.54) is 22.2 Å². The molecular weight excluding hydrogens is 194 g/mol. The van der Waals surface area contributed by atoms with Crippen LogP contribution in [0.4, 0.5) is 0 Å². The van der Waals surface area contributed by atoms with E-state index in [9.17, 15) is 0 Å². The van der Waals surface area contributed by atoms with Gasteiger partial charge in [-0.2, -0.15) is 0 Å². The minimum Gasteiger partial charge on any atom is -0.347 e. The molecule has 1 nitrogen and oxygen atoms in total. The lowest BCUT2D eigenvalue weighted by Gasteiger charge is -2.02. The van der Waals surface area contributed by atoms with Crippen LogP contribution in [0.1, 0.15) is 25.1 Å². The molecule has 0 atom stereocenters. The summed E-state index contributed by atoms with van der Waals surface area (Å²) >= 11 is 0. The Labute approximate surface area is 97.4 Å². The van der Waals surface area contributed by atoms with Crippen molar-refractivity contribution in [3.8, 4) is 0 Å². The van der Waals surface area contributed by atoms with Crippen LogP contribution in [0, 0.1) is 0 Å². The highest BCUT2D eigenvalue weighted by Gasteiger charge is 2.11. The molecule has 2 rings (SSSR count). The highest BCUT2D eigenvalue weighted by atomic mass is 14.9. The standard InChI is InChI=1S/C15H19N/c1-4-6-9-12-13-10-7-8-11-15(13)16(3)14(12)5-2/h4,6-8,10-11H,5,9H2,1-3H3/b6-4-. The van der Waals surface area contributed by atoms with Crippen molar-refractivity contribution >= 4 is 10.9 Å². The maximum atomic E-state index is 2.33. The van der Waals surface area contributed by atoms with E-state index < -0.39 is 0 Å². The lowest BCUT2D eigenvalue weighted by atomic mass is 10.1. The molecule has 0 aliphatic heterocycles. The van der Waals surface area contributed by atoms with E-state index in [2.05, 4.69) is 61.9 Å². The molecule has 1 heterocycles. The molecule has 0 fully saturated rings. The second-order valence-corrected chi connectivity index (χ2v) is 4.13. The van der Waals surface area contributed by atoms with E-state index >= 15 is 0 Å².